The monoisotopic (exact) mass is 271 g/mol. The van der Waals surface area contributed by atoms with Crippen LogP contribution in [-0.4, -0.2) is 9.97 Å². The highest BCUT2D eigenvalue weighted by Gasteiger charge is 2.08. The van der Waals surface area contributed by atoms with E-state index in [1.54, 1.807) is 0 Å². The Morgan fingerprint density at radius 2 is 1.95 bits per heavy atom. The van der Waals surface area contributed by atoms with Gasteiger partial charge in [0.15, 0.2) is 0 Å². The maximum Gasteiger partial charge on any atom is 0.127 e. The van der Waals surface area contributed by atoms with E-state index in [-0.39, 0.29) is 6.04 Å². The number of pyridine rings is 1. The molecule has 0 radical (unpaired) electrons. The molecule has 0 fully saturated rings. The van der Waals surface area contributed by atoms with Crippen molar-refractivity contribution < 1.29 is 0 Å². The predicted molar refractivity (Wildman–Crippen MR) is 83.3 cm³/mol. The van der Waals surface area contributed by atoms with E-state index >= 15 is 0 Å². The zero-order valence-corrected chi connectivity index (χ0v) is 11.9. The first-order chi connectivity index (χ1) is 9.08. The van der Waals surface area contributed by atoms with Crippen LogP contribution in [0.15, 0.2) is 42.5 Å². The summed E-state index contributed by atoms with van der Waals surface area (Å²) in [5.41, 5.74) is 8.74. The Morgan fingerprint density at radius 1 is 1.21 bits per heavy atom. The average molecular weight is 271 g/mol. The lowest BCUT2D eigenvalue weighted by molar-refractivity contribution is 0.864. The highest BCUT2D eigenvalue weighted by molar-refractivity contribution is 7.80. The molecule has 2 aromatic rings. The minimum Gasteiger partial charge on any atom is -0.388 e. The Balaban J connectivity index is 2.19. The number of aromatic nitrogens is 1. The number of aryl methyl sites for hydroxylation is 1. The second-order valence-corrected chi connectivity index (χ2v) is 4.93. The number of rotatable bonds is 4. The summed E-state index contributed by atoms with van der Waals surface area (Å²) in [6, 6.07) is 14.1. The summed E-state index contributed by atoms with van der Waals surface area (Å²) >= 11 is 4.94. The number of hydrogen-bond acceptors (Lipinski definition) is 3. The fourth-order valence-electron chi connectivity index (χ4n) is 2.02. The van der Waals surface area contributed by atoms with E-state index in [0.29, 0.717) is 10.7 Å². The zero-order valence-electron chi connectivity index (χ0n) is 11.1. The number of anilines is 1. The van der Waals surface area contributed by atoms with Gasteiger partial charge in [0.2, 0.25) is 0 Å². The lowest BCUT2D eigenvalue weighted by Gasteiger charge is -2.17. The van der Waals surface area contributed by atoms with E-state index in [2.05, 4.69) is 36.3 Å². The van der Waals surface area contributed by atoms with Crippen LogP contribution in [0.5, 0.6) is 0 Å². The third kappa shape index (κ3) is 3.29. The topological polar surface area (TPSA) is 50.9 Å². The maximum absolute atomic E-state index is 5.59. The van der Waals surface area contributed by atoms with Gasteiger partial charge in [-0.05, 0) is 37.1 Å². The molecule has 1 unspecified atom stereocenters. The van der Waals surface area contributed by atoms with E-state index in [1.165, 1.54) is 11.1 Å². The Hall–Kier alpha value is -1.94. The molecule has 1 aromatic heterocycles. The van der Waals surface area contributed by atoms with Crippen molar-refractivity contribution in [2.75, 3.05) is 5.32 Å². The van der Waals surface area contributed by atoms with Crippen molar-refractivity contribution in [2.45, 2.75) is 19.9 Å². The highest BCUT2D eigenvalue weighted by atomic mass is 32.1. The van der Waals surface area contributed by atoms with E-state index in [4.69, 9.17) is 18.0 Å². The molecule has 0 saturated heterocycles. The fourth-order valence-corrected chi connectivity index (χ4v) is 2.14. The molecule has 98 valence electrons. The summed E-state index contributed by atoms with van der Waals surface area (Å²) in [4.78, 5) is 4.70. The normalized spacial score (nSPS) is 11.9. The van der Waals surface area contributed by atoms with Gasteiger partial charge in [0, 0.05) is 0 Å². The lowest BCUT2D eigenvalue weighted by Crippen LogP contribution is -2.14. The van der Waals surface area contributed by atoms with Gasteiger partial charge in [0.25, 0.3) is 0 Å². The van der Waals surface area contributed by atoms with Crippen molar-refractivity contribution in [1.29, 1.82) is 0 Å². The lowest BCUT2D eigenvalue weighted by atomic mass is 10.0. The average Bonchev–Trinajstić information content (AvgIpc) is 2.39. The maximum atomic E-state index is 5.59. The van der Waals surface area contributed by atoms with Crippen molar-refractivity contribution >= 4 is 23.0 Å². The first kappa shape index (κ1) is 13.5. The van der Waals surface area contributed by atoms with E-state index < -0.39 is 0 Å². The summed E-state index contributed by atoms with van der Waals surface area (Å²) in [7, 11) is 0. The van der Waals surface area contributed by atoms with Gasteiger partial charge >= 0.3 is 0 Å². The molecule has 1 aromatic carbocycles. The van der Waals surface area contributed by atoms with Crippen molar-refractivity contribution in [3.8, 4) is 0 Å². The second-order valence-electron chi connectivity index (χ2n) is 4.49. The van der Waals surface area contributed by atoms with Crippen LogP contribution in [0.4, 0.5) is 5.82 Å². The van der Waals surface area contributed by atoms with Crippen LogP contribution in [-0.2, 0) is 0 Å². The number of benzene rings is 1. The molecule has 4 heteroatoms. The van der Waals surface area contributed by atoms with Crippen molar-refractivity contribution in [3.05, 3.63) is 59.3 Å². The van der Waals surface area contributed by atoms with Gasteiger partial charge in [-0.15, -0.1) is 0 Å². The van der Waals surface area contributed by atoms with E-state index in [1.807, 2.05) is 30.3 Å². The van der Waals surface area contributed by atoms with Crippen molar-refractivity contribution in [3.63, 3.8) is 0 Å². The van der Waals surface area contributed by atoms with Crippen molar-refractivity contribution in [1.82, 2.24) is 4.98 Å². The summed E-state index contributed by atoms with van der Waals surface area (Å²) in [5, 5.41) is 3.37. The summed E-state index contributed by atoms with van der Waals surface area (Å²) in [5.74, 6) is 0.779. The minimum atomic E-state index is 0.176. The Labute approximate surface area is 118 Å². The number of nitrogens with one attached hydrogen (secondary N) is 1. The highest BCUT2D eigenvalue weighted by Crippen LogP contribution is 2.20. The molecule has 0 aliphatic rings. The summed E-state index contributed by atoms with van der Waals surface area (Å²) < 4.78 is 0. The largest absolute Gasteiger partial charge is 0.388 e. The van der Waals surface area contributed by atoms with Crippen LogP contribution in [0.25, 0.3) is 0 Å². The molecule has 3 nitrogen and oxygen atoms in total. The summed E-state index contributed by atoms with van der Waals surface area (Å²) in [6.07, 6.45) is 0. The smallest absolute Gasteiger partial charge is 0.127 e. The Kier molecular flexibility index (Phi) is 4.12. The van der Waals surface area contributed by atoms with Gasteiger partial charge in [0.05, 0.1) is 11.7 Å². The molecule has 3 N–H and O–H groups in total. The van der Waals surface area contributed by atoms with Crippen LogP contribution in [0.3, 0.4) is 0 Å². The van der Waals surface area contributed by atoms with Gasteiger partial charge in [-0.2, -0.15) is 0 Å². The van der Waals surface area contributed by atoms with Gasteiger partial charge in [-0.25, -0.2) is 4.98 Å². The first-order valence-corrected chi connectivity index (χ1v) is 6.57. The van der Waals surface area contributed by atoms with Gasteiger partial charge < -0.3 is 11.1 Å². The molecule has 2 rings (SSSR count). The molecule has 0 aliphatic carbocycles. The van der Waals surface area contributed by atoms with Crippen LogP contribution >= 0.6 is 12.2 Å². The molecular formula is C15H17N3S. The molecule has 19 heavy (non-hydrogen) atoms. The summed E-state index contributed by atoms with van der Waals surface area (Å²) in [6.45, 7) is 4.21. The van der Waals surface area contributed by atoms with E-state index in [9.17, 15) is 0 Å². The van der Waals surface area contributed by atoms with Gasteiger partial charge in [-0.1, -0.05) is 42.5 Å². The molecule has 1 atom stereocenters. The van der Waals surface area contributed by atoms with Crippen LogP contribution in [0.1, 0.15) is 29.8 Å². The zero-order chi connectivity index (χ0) is 13.8. The number of nitrogens with zero attached hydrogens (tertiary/aromatic N) is 1. The quantitative estimate of drug-likeness (QED) is 0.838. The third-order valence-corrected chi connectivity index (χ3v) is 3.23. The van der Waals surface area contributed by atoms with Crippen LogP contribution in [0.2, 0.25) is 0 Å². The molecule has 0 spiro atoms. The molecule has 0 aliphatic heterocycles. The Morgan fingerprint density at radius 3 is 2.63 bits per heavy atom. The van der Waals surface area contributed by atoms with Gasteiger partial charge in [-0.3, -0.25) is 0 Å². The second kappa shape index (κ2) is 5.80. The van der Waals surface area contributed by atoms with Crippen LogP contribution < -0.4 is 11.1 Å². The third-order valence-electron chi connectivity index (χ3n) is 3.02. The Bertz CT molecular complexity index is 595. The minimum absolute atomic E-state index is 0.176. The molecule has 0 saturated carbocycles. The number of nitrogens with two attached hydrogens (primary N) is 1. The molecule has 0 amide bonds. The standard InChI is InChI=1S/C15H17N3S/c1-10-6-3-4-7-12(10)11(2)17-14-9-5-8-13(18-14)15(16)19/h3-9,11H,1-2H3,(H2,16,19)(H,17,18). The van der Waals surface area contributed by atoms with Crippen molar-refractivity contribution in [2.24, 2.45) is 5.73 Å². The molecule has 1 heterocycles. The number of hydrogen-bond donors (Lipinski definition) is 2. The van der Waals surface area contributed by atoms with Crippen LogP contribution in [0, 0.1) is 6.92 Å². The fraction of sp³-hybridized carbons (Fsp3) is 0.200. The molecule has 0 bridgehead atoms. The first-order valence-electron chi connectivity index (χ1n) is 6.17. The predicted octanol–water partition coefficient (Wildman–Crippen LogP) is 3.20. The van der Waals surface area contributed by atoms with E-state index in [0.717, 1.165) is 5.82 Å². The molecular weight excluding hydrogens is 254 g/mol. The SMILES string of the molecule is Cc1ccccc1C(C)Nc1cccc(C(N)=S)n1. The number of thiocarbonyl (C=S) groups is 1. The van der Waals surface area contributed by atoms with Gasteiger partial charge in [0.1, 0.15) is 10.8 Å².